The third-order valence-corrected chi connectivity index (χ3v) is 3.10. The lowest BCUT2D eigenvalue weighted by Gasteiger charge is -2.13. The van der Waals surface area contributed by atoms with E-state index in [1.165, 1.54) is 0 Å². The van der Waals surface area contributed by atoms with Crippen LogP contribution in [0.1, 0.15) is 13.8 Å². The molecule has 3 N–H and O–H groups in total. The van der Waals surface area contributed by atoms with Crippen LogP contribution in [0.4, 0.5) is 0 Å². The molecule has 0 amide bonds. The normalized spacial score (nSPS) is 16.9. The topological polar surface area (TPSA) is 89.3 Å². The number of hydrogen-bond acceptors (Lipinski definition) is 4. The molecule has 72 valence electrons. The minimum atomic E-state index is -3.40. The number of nitrogens with two attached hydrogens (primary N) is 1. The Morgan fingerprint density at radius 3 is 2.33 bits per heavy atom. The van der Waals surface area contributed by atoms with E-state index in [2.05, 4.69) is 0 Å². The molecule has 0 aliphatic heterocycles. The maximum Gasteiger partial charge on any atom is 0.224 e. The van der Waals surface area contributed by atoms with Crippen LogP contribution in [-0.4, -0.2) is 20.5 Å². The Balaban J connectivity index is 4.18. The molecule has 0 fully saturated rings. The quantitative estimate of drug-likeness (QED) is 0.342. The van der Waals surface area contributed by atoms with Gasteiger partial charge in [-0.2, -0.15) is 4.83 Å². The molecule has 6 heteroatoms. The van der Waals surface area contributed by atoms with Gasteiger partial charge in [-0.25, -0.2) is 8.42 Å². The third kappa shape index (κ3) is 3.80. The van der Waals surface area contributed by atoms with Gasteiger partial charge in [0.2, 0.25) is 10.0 Å². The highest BCUT2D eigenvalue weighted by molar-refractivity contribution is 7.89. The molecule has 0 aromatic heterocycles. The fourth-order valence-corrected chi connectivity index (χ4v) is 1.77. The first-order valence-electron chi connectivity index (χ1n) is 3.58. The minimum absolute atomic E-state index is 0.122. The van der Waals surface area contributed by atoms with Crippen molar-refractivity contribution in [2.24, 2.45) is 17.7 Å². The first-order chi connectivity index (χ1) is 5.43. The summed E-state index contributed by atoms with van der Waals surface area (Å²) >= 11 is 0. The number of nitrogens with one attached hydrogen (secondary N) is 1. The Morgan fingerprint density at radius 1 is 1.50 bits per heavy atom. The zero-order valence-corrected chi connectivity index (χ0v) is 7.97. The molecule has 0 aromatic carbocycles. The van der Waals surface area contributed by atoms with Crippen molar-refractivity contribution < 1.29 is 13.2 Å². The van der Waals surface area contributed by atoms with Gasteiger partial charge in [-0.05, 0) is 5.92 Å². The highest BCUT2D eigenvalue weighted by atomic mass is 32.2. The molecule has 12 heavy (non-hydrogen) atoms. The Labute approximate surface area is 72.3 Å². The van der Waals surface area contributed by atoms with Crippen LogP contribution < -0.4 is 10.7 Å². The summed E-state index contributed by atoms with van der Waals surface area (Å²) in [5.74, 6) is 4.16. The Kier molecular flexibility index (Phi) is 4.36. The SMILES string of the molecule is CC(C=O)C(C)CS(=O)(=O)NN. The molecule has 0 heterocycles. The van der Waals surface area contributed by atoms with Gasteiger partial charge in [0.15, 0.2) is 0 Å². The Morgan fingerprint density at radius 2 is 2.00 bits per heavy atom. The molecule has 0 bridgehead atoms. The summed E-state index contributed by atoms with van der Waals surface area (Å²) < 4.78 is 21.8. The molecular weight excluding hydrogens is 180 g/mol. The number of carbonyl (C=O) groups is 1. The van der Waals surface area contributed by atoms with Crippen LogP contribution in [0.5, 0.6) is 0 Å². The fourth-order valence-electron chi connectivity index (χ4n) is 0.680. The lowest BCUT2D eigenvalue weighted by Crippen LogP contribution is -2.35. The first-order valence-corrected chi connectivity index (χ1v) is 5.23. The van der Waals surface area contributed by atoms with Gasteiger partial charge in [-0.1, -0.05) is 13.8 Å². The number of sulfonamides is 1. The standard InChI is InChI=1S/C6H14N2O3S/c1-5(3-9)6(2)4-12(10,11)8-7/h3,5-6,8H,4,7H2,1-2H3. The van der Waals surface area contributed by atoms with Crippen molar-refractivity contribution in [3.8, 4) is 0 Å². The number of rotatable bonds is 5. The molecule has 0 saturated carbocycles. The molecule has 5 nitrogen and oxygen atoms in total. The van der Waals surface area contributed by atoms with Crippen molar-refractivity contribution in [1.29, 1.82) is 0 Å². The van der Waals surface area contributed by atoms with Crippen LogP contribution in [0.2, 0.25) is 0 Å². The van der Waals surface area contributed by atoms with Crippen molar-refractivity contribution in [3.05, 3.63) is 0 Å². The van der Waals surface area contributed by atoms with E-state index in [4.69, 9.17) is 5.84 Å². The summed E-state index contributed by atoms with van der Waals surface area (Å²) in [5, 5.41) is 0. The van der Waals surface area contributed by atoms with Gasteiger partial charge in [0.1, 0.15) is 6.29 Å². The predicted molar refractivity (Wildman–Crippen MR) is 45.5 cm³/mol. The molecule has 0 aliphatic carbocycles. The average Bonchev–Trinajstić information content (AvgIpc) is 2.02. The second kappa shape index (κ2) is 4.54. The summed E-state index contributed by atoms with van der Waals surface area (Å²) in [6, 6.07) is 0. The number of hydrazine groups is 1. The molecule has 2 unspecified atom stereocenters. The van der Waals surface area contributed by atoms with Crippen molar-refractivity contribution in [2.75, 3.05) is 5.75 Å². The van der Waals surface area contributed by atoms with Crippen LogP contribution in [0.25, 0.3) is 0 Å². The van der Waals surface area contributed by atoms with Crippen LogP contribution in [0, 0.1) is 11.8 Å². The molecule has 0 rings (SSSR count). The molecular formula is C6H14N2O3S. The molecule has 0 saturated heterocycles. The number of hydrogen-bond donors (Lipinski definition) is 2. The first kappa shape index (κ1) is 11.5. The fraction of sp³-hybridized carbons (Fsp3) is 0.833. The largest absolute Gasteiger partial charge is 0.303 e. The summed E-state index contributed by atoms with van der Waals surface area (Å²) in [4.78, 5) is 12.0. The van der Waals surface area contributed by atoms with Gasteiger partial charge in [0.25, 0.3) is 0 Å². The highest BCUT2D eigenvalue weighted by Gasteiger charge is 2.18. The van der Waals surface area contributed by atoms with E-state index in [-0.39, 0.29) is 17.6 Å². The maximum absolute atomic E-state index is 10.9. The second-order valence-electron chi connectivity index (χ2n) is 2.87. The monoisotopic (exact) mass is 194 g/mol. The zero-order chi connectivity index (χ0) is 9.78. The van der Waals surface area contributed by atoms with Gasteiger partial charge >= 0.3 is 0 Å². The van der Waals surface area contributed by atoms with Gasteiger partial charge in [-0.15, -0.1) is 0 Å². The van der Waals surface area contributed by atoms with Crippen molar-refractivity contribution in [3.63, 3.8) is 0 Å². The van der Waals surface area contributed by atoms with Crippen molar-refractivity contribution >= 4 is 16.3 Å². The predicted octanol–water partition coefficient (Wildman–Crippen LogP) is -0.749. The number of carbonyl (C=O) groups excluding carboxylic acids is 1. The van der Waals surface area contributed by atoms with E-state index < -0.39 is 10.0 Å². The van der Waals surface area contributed by atoms with E-state index in [1.807, 2.05) is 0 Å². The van der Waals surface area contributed by atoms with E-state index in [1.54, 1.807) is 18.7 Å². The summed E-state index contributed by atoms with van der Waals surface area (Å²) in [5.41, 5.74) is 0. The van der Waals surface area contributed by atoms with Crippen molar-refractivity contribution in [2.45, 2.75) is 13.8 Å². The van der Waals surface area contributed by atoms with Crippen molar-refractivity contribution in [1.82, 2.24) is 4.83 Å². The maximum atomic E-state index is 10.9. The van der Waals surface area contributed by atoms with Crippen LogP contribution in [0.3, 0.4) is 0 Å². The van der Waals surface area contributed by atoms with E-state index >= 15 is 0 Å². The van der Waals surface area contributed by atoms with Crippen LogP contribution in [-0.2, 0) is 14.8 Å². The van der Waals surface area contributed by atoms with Gasteiger partial charge < -0.3 is 4.79 Å². The zero-order valence-electron chi connectivity index (χ0n) is 7.15. The smallest absolute Gasteiger partial charge is 0.224 e. The lowest BCUT2D eigenvalue weighted by atomic mass is 10.0. The van der Waals surface area contributed by atoms with Crippen LogP contribution >= 0.6 is 0 Å². The van der Waals surface area contributed by atoms with E-state index in [0.717, 1.165) is 6.29 Å². The highest BCUT2D eigenvalue weighted by Crippen LogP contribution is 2.09. The molecule has 0 aromatic rings. The average molecular weight is 194 g/mol. The molecule has 0 aliphatic rings. The summed E-state index contributed by atoms with van der Waals surface area (Å²) in [6.07, 6.45) is 0.733. The minimum Gasteiger partial charge on any atom is -0.303 e. The summed E-state index contributed by atoms with van der Waals surface area (Å²) in [7, 11) is -3.40. The van der Waals surface area contributed by atoms with E-state index in [9.17, 15) is 13.2 Å². The van der Waals surface area contributed by atoms with Crippen LogP contribution in [0.15, 0.2) is 0 Å². The third-order valence-electron chi connectivity index (χ3n) is 1.77. The van der Waals surface area contributed by atoms with Gasteiger partial charge in [0.05, 0.1) is 5.75 Å². The van der Waals surface area contributed by atoms with E-state index in [0.29, 0.717) is 0 Å². The summed E-state index contributed by atoms with van der Waals surface area (Å²) in [6.45, 7) is 3.36. The molecule has 0 spiro atoms. The lowest BCUT2D eigenvalue weighted by molar-refractivity contribution is -0.111. The van der Waals surface area contributed by atoms with Gasteiger partial charge in [-0.3, -0.25) is 5.84 Å². The Hall–Kier alpha value is -0.460. The second-order valence-corrected chi connectivity index (χ2v) is 4.67. The number of aldehydes is 1. The molecule has 0 radical (unpaired) electrons. The molecule has 2 atom stereocenters. The Bertz CT molecular complexity index is 237. The van der Waals surface area contributed by atoms with Gasteiger partial charge in [0, 0.05) is 5.92 Å².